The Morgan fingerprint density at radius 2 is 1.97 bits per heavy atom. The van der Waals surface area contributed by atoms with Crippen molar-refractivity contribution in [2.75, 3.05) is 5.32 Å². The molecule has 0 aliphatic heterocycles. The van der Waals surface area contributed by atoms with E-state index in [1.807, 2.05) is 6.07 Å². The summed E-state index contributed by atoms with van der Waals surface area (Å²) in [4.78, 5) is 32.4. The molecule has 0 saturated carbocycles. The van der Waals surface area contributed by atoms with Crippen LogP contribution in [0.5, 0.6) is 0 Å². The quantitative estimate of drug-likeness (QED) is 0.359. The number of fused-ring (bicyclic) bond motifs is 1. The number of hydrogen-bond donors (Lipinski definition) is 2. The van der Waals surface area contributed by atoms with Crippen LogP contribution >= 0.6 is 0 Å². The van der Waals surface area contributed by atoms with Crippen LogP contribution in [-0.2, 0) is 12.7 Å². The highest BCUT2D eigenvalue weighted by Gasteiger charge is 2.37. The summed E-state index contributed by atoms with van der Waals surface area (Å²) in [5.74, 6) is -0.675. The number of alkyl halides is 3. The lowest BCUT2D eigenvalue weighted by Crippen LogP contribution is -2.27. The topological polar surface area (TPSA) is 129 Å². The average molecular weight is 513 g/mol. The molecular weight excluding hydrogens is 494 g/mol. The van der Waals surface area contributed by atoms with Gasteiger partial charge in [-0.15, -0.1) is 0 Å². The lowest BCUT2D eigenvalue weighted by molar-refractivity contribution is -0.138. The van der Waals surface area contributed by atoms with Crippen LogP contribution < -0.4 is 16.4 Å². The van der Waals surface area contributed by atoms with E-state index in [1.54, 1.807) is 24.3 Å². The van der Waals surface area contributed by atoms with Crippen molar-refractivity contribution in [1.82, 2.24) is 24.7 Å². The van der Waals surface area contributed by atoms with E-state index in [1.165, 1.54) is 23.0 Å². The molecule has 2 N–H and O–H groups in total. The molecule has 4 rings (SSSR count). The Balaban J connectivity index is 1.47. The smallest absolute Gasteiger partial charge is 0.381 e. The number of anilines is 1. The van der Waals surface area contributed by atoms with Gasteiger partial charge in [0.1, 0.15) is 17.4 Å². The van der Waals surface area contributed by atoms with Gasteiger partial charge in [-0.3, -0.25) is 14.6 Å². The molecule has 0 fully saturated rings. The Morgan fingerprint density at radius 1 is 1.19 bits per heavy atom. The summed E-state index contributed by atoms with van der Waals surface area (Å²) in [6, 6.07) is 5.61. The van der Waals surface area contributed by atoms with Crippen molar-refractivity contribution in [2.45, 2.75) is 38.5 Å². The first-order chi connectivity index (χ1) is 17.6. The van der Waals surface area contributed by atoms with Crippen molar-refractivity contribution >= 4 is 16.5 Å². The van der Waals surface area contributed by atoms with Gasteiger partial charge in [0.2, 0.25) is 0 Å². The maximum absolute atomic E-state index is 14.8. The fourth-order valence-corrected chi connectivity index (χ4v) is 3.90. The number of aromatic nitrogens is 5. The number of nitriles is 1. The number of halogens is 4. The van der Waals surface area contributed by atoms with Gasteiger partial charge in [-0.2, -0.15) is 23.5 Å². The van der Waals surface area contributed by atoms with Crippen molar-refractivity contribution in [2.24, 2.45) is 0 Å². The summed E-state index contributed by atoms with van der Waals surface area (Å²) < 4.78 is 55.8. The number of benzene rings is 1. The zero-order valence-corrected chi connectivity index (χ0v) is 19.3. The predicted octanol–water partition coefficient (Wildman–Crippen LogP) is 3.85. The highest BCUT2D eigenvalue weighted by Crippen LogP contribution is 2.32. The molecule has 1 atom stereocenters. The maximum Gasteiger partial charge on any atom is 0.423 e. The molecule has 0 radical (unpaired) electrons. The molecular formula is C24H19F4N7O2. The number of rotatable bonds is 7. The molecule has 190 valence electrons. The van der Waals surface area contributed by atoms with Crippen molar-refractivity contribution in [3.8, 4) is 17.3 Å². The molecule has 0 spiro atoms. The molecule has 3 heterocycles. The lowest BCUT2D eigenvalue weighted by Gasteiger charge is -2.18. The standard InChI is InChI=1S/C24H19F4N7O2/c1-13(33-20-12-32-34-22(36)21(20)24(26,27)28)3-2-5-35-6-4-14-7-17(18(25)8-16(14)23(35)37)19-11-30-15(9-29)10-31-19/h4,6-8,10-13H,2-3,5H2,1H3,(H2,33,34,36). The normalized spacial score (nSPS) is 12.3. The molecule has 9 nitrogen and oxygen atoms in total. The van der Waals surface area contributed by atoms with Gasteiger partial charge in [0.05, 0.1) is 35.4 Å². The van der Waals surface area contributed by atoms with Gasteiger partial charge in [0.25, 0.3) is 11.1 Å². The van der Waals surface area contributed by atoms with E-state index >= 15 is 0 Å². The number of nitrogens with zero attached hydrogens (tertiary/aromatic N) is 5. The summed E-state index contributed by atoms with van der Waals surface area (Å²) in [6.45, 7) is 1.89. The number of aromatic amines is 1. The van der Waals surface area contributed by atoms with E-state index in [4.69, 9.17) is 5.26 Å². The number of aryl methyl sites for hydroxylation is 1. The highest BCUT2D eigenvalue weighted by molar-refractivity contribution is 5.86. The minimum atomic E-state index is -4.85. The predicted molar refractivity (Wildman–Crippen MR) is 126 cm³/mol. The molecule has 37 heavy (non-hydrogen) atoms. The highest BCUT2D eigenvalue weighted by atomic mass is 19.4. The molecule has 13 heteroatoms. The van der Waals surface area contributed by atoms with E-state index in [2.05, 4.69) is 20.4 Å². The summed E-state index contributed by atoms with van der Waals surface area (Å²) in [5.41, 5.74) is -3.10. The van der Waals surface area contributed by atoms with Crippen LogP contribution in [0.25, 0.3) is 22.0 Å². The van der Waals surface area contributed by atoms with Crippen molar-refractivity contribution in [3.63, 3.8) is 0 Å². The van der Waals surface area contributed by atoms with E-state index in [0.29, 0.717) is 18.2 Å². The molecule has 1 aromatic carbocycles. The third-order valence-electron chi connectivity index (χ3n) is 5.68. The third kappa shape index (κ3) is 5.48. The number of nitrogens with one attached hydrogen (secondary N) is 2. The van der Waals surface area contributed by atoms with Crippen LogP contribution in [0.4, 0.5) is 23.2 Å². The van der Waals surface area contributed by atoms with Gasteiger partial charge >= 0.3 is 6.18 Å². The Kier molecular flexibility index (Phi) is 7.01. The van der Waals surface area contributed by atoms with Crippen LogP contribution in [0.2, 0.25) is 0 Å². The number of hydrogen-bond acceptors (Lipinski definition) is 7. The van der Waals surface area contributed by atoms with E-state index in [-0.39, 0.29) is 28.9 Å². The Labute approximate surface area is 206 Å². The van der Waals surface area contributed by atoms with Crippen molar-refractivity contribution < 1.29 is 17.6 Å². The Hall–Kier alpha value is -4.60. The second-order valence-electron chi connectivity index (χ2n) is 8.31. The summed E-state index contributed by atoms with van der Waals surface area (Å²) in [5, 5.41) is 17.3. The Morgan fingerprint density at radius 3 is 2.65 bits per heavy atom. The lowest BCUT2D eigenvalue weighted by atomic mass is 10.1. The SMILES string of the molecule is CC(CCCn1ccc2cc(-c3cnc(C#N)cn3)c(F)cc2c1=O)Nc1cn[nH]c(=O)c1C(F)(F)F. The van der Waals surface area contributed by atoms with Crippen LogP contribution in [0.3, 0.4) is 0 Å². The third-order valence-corrected chi connectivity index (χ3v) is 5.68. The minimum absolute atomic E-state index is 0.0900. The van der Waals surface area contributed by atoms with Gasteiger partial charge in [-0.05, 0) is 43.4 Å². The summed E-state index contributed by atoms with van der Waals surface area (Å²) in [6.07, 6.45) is 0.900. The monoisotopic (exact) mass is 513 g/mol. The van der Waals surface area contributed by atoms with Gasteiger partial charge < -0.3 is 9.88 Å². The van der Waals surface area contributed by atoms with Crippen molar-refractivity contribution in [3.05, 3.63) is 80.8 Å². The van der Waals surface area contributed by atoms with Crippen LogP contribution in [0, 0.1) is 17.1 Å². The largest absolute Gasteiger partial charge is 0.423 e. The molecule has 1 unspecified atom stereocenters. The Bertz CT molecular complexity index is 1610. The molecule has 0 aliphatic carbocycles. The summed E-state index contributed by atoms with van der Waals surface area (Å²) >= 11 is 0. The molecule has 0 bridgehead atoms. The van der Waals surface area contributed by atoms with Gasteiger partial charge in [0.15, 0.2) is 5.69 Å². The second-order valence-corrected chi connectivity index (χ2v) is 8.31. The van der Waals surface area contributed by atoms with E-state index in [0.717, 1.165) is 12.3 Å². The van der Waals surface area contributed by atoms with Gasteiger partial charge in [-0.25, -0.2) is 14.5 Å². The maximum atomic E-state index is 14.8. The average Bonchev–Trinajstić information content (AvgIpc) is 2.85. The first-order valence-corrected chi connectivity index (χ1v) is 11.0. The first kappa shape index (κ1) is 25.5. The van der Waals surface area contributed by atoms with E-state index in [9.17, 15) is 27.2 Å². The minimum Gasteiger partial charge on any atom is -0.381 e. The molecule has 0 amide bonds. The zero-order valence-electron chi connectivity index (χ0n) is 19.3. The van der Waals surface area contributed by atoms with Gasteiger partial charge in [-0.1, -0.05) is 0 Å². The fraction of sp³-hybridized carbons (Fsp3) is 0.250. The van der Waals surface area contributed by atoms with E-state index < -0.39 is 40.4 Å². The molecule has 0 aliphatic rings. The number of pyridine rings is 1. The molecule has 3 aromatic heterocycles. The van der Waals surface area contributed by atoms with Gasteiger partial charge in [0, 0.05) is 24.3 Å². The van der Waals surface area contributed by atoms with Crippen LogP contribution in [0.15, 0.2) is 52.6 Å². The zero-order chi connectivity index (χ0) is 26.7. The second kappa shape index (κ2) is 10.2. The summed E-state index contributed by atoms with van der Waals surface area (Å²) in [7, 11) is 0. The molecule has 4 aromatic rings. The van der Waals surface area contributed by atoms with Crippen molar-refractivity contribution in [1.29, 1.82) is 5.26 Å². The van der Waals surface area contributed by atoms with Crippen LogP contribution in [-0.4, -0.2) is 30.8 Å². The number of H-pyrrole nitrogens is 1. The molecule has 0 saturated heterocycles. The fourth-order valence-electron chi connectivity index (χ4n) is 3.90. The van der Waals surface area contributed by atoms with Crippen LogP contribution in [0.1, 0.15) is 31.0 Å². The first-order valence-electron chi connectivity index (χ1n) is 11.0.